The fourth-order valence-electron chi connectivity index (χ4n) is 1.40. The molecule has 0 bridgehead atoms. The molecule has 0 saturated heterocycles. The van der Waals surface area contributed by atoms with Gasteiger partial charge in [0.25, 0.3) is 5.91 Å². The van der Waals surface area contributed by atoms with Crippen molar-refractivity contribution in [2.45, 2.75) is 19.4 Å². The van der Waals surface area contributed by atoms with Crippen LogP contribution in [0.1, 0.15) is 23.7 Å². The first-order chi connectivity index (χ1) is 8.58. The highest BCUT2D eigenvalue weighted by atomic mass is 79.9. The van der Waals surface area contributed by atoms with E-state index in [2.05, 4.69) is 31.7 Å². The van der Waals surface area contributed by atoms with Gasteiger partial charge in [0, 0.05) is 16.7 Å². The Kier molecular flexibility index (Phi) is 6.45. The molecular weight excluding hydrogens is 316 g/mol. The number of nitrogen functional groups attached to an aromatic ring is 1. The summed E-state index contributed by atoms with van der Waals surface area (Å²) >= 11 is 5.05. The normalized spacial score (nSPS) is 12.0. The highest BCUT2D eigenvalue weighted by molar-refractivity contribution is 9.10. The molecule has 1 unspecified atom stereocenters. The van der Waals surface area contributed by atoms with Gasteiger partial charge in [0.2, 0.25) is 0 Å². The minimum atomic E-state index is -0.176. The van der Waals surface area contributed by atoms with Gasteiger partial charge in [-0.2, -0.15) is 11.8 Å². The summed E-state index contributed by atoms with van der Waals surface area (Å²) in [5, 5.41) is 2.92. The number of aromatic nitrogens is 1. The molecule has 0 fully saturated rings. The molecule has 1 atom stereocenters. The van der Waals surface area contributed by atoms with E-state index in [1.165, 1.54) is 0 Å². The van der Waals surface area contributed by atoms with E-state index in [-0.39, 0.29) is 11.9 Å². The van der Waals surface area contributed by atoms with Gasteiger partial charge in [-0.25, -0.2) is 10.8 Å². The number of nitrogens with zero attached hydrogens (tertiary/aromatic N) is 1. The Bertz CT molecular complexity index is 416. The Hall–Kier alpha value is -0.790. The third kappa shape index (κ3) is 4.47. The van der Waals surface area contributed by atoms with Crippen LogP contribution in [0.3, 0.4) is 0 Å². The predicted molar refractivity (Wildman–Crippen MR) is 79.7 cm³/mol. The molecule has 5 nitrogen and oxygen atoms in total. The Balaban J connectivity index is 2.74. The zero-order valence-corrected chi connectivity index (χ0v) is 12.8. The van der Waals surface area contributed by atoms with E-state index in [0.717, 1.165) is 16.6 Å². The Morgan fingerprint density at radius 1 is 1.67 bits per heavy atom. The van der Waals surface area contributed by atoms with E-state index in [4.69, 9.17) is 5.84 Å². The van der Waals surface area contributed by atoms with Gasteiger partial charge >= 0.3 is 0 Å². The van der Waals surface area contributed by atoms with Crippen molar-refractivity contribution in [3.63, 3.8) is 0 Å². The molecule has 1 amide bonds. The molecule has 0 aliphatic heterocycles. The van der Waals surface area contributed by atoms with Crippen molar-refractivity contribution in [2.24, 2.45) is 5.84 Å². The summed E-state index contributed by atoms with van der Waals surface area (Å²) in [5.41, 5.74) is 2.86. The van der Waals surface area contributed by atoms with Crippen LogP contribution >= 0.6 is 27.7 Å². The Morgan fingerprint density at radius 3 is 3.00 bits per heavy atom. The lowest BCUT2D eigenvalue weighted by Crippen LogP contribution is -2.33. The number of amides is 1. The second-order valence-corrected chi connectivity index (χ2v) is 5.75. The molecule has 0 aromatic carbocycles. The Labute approximate surface area is 119 Å². The average Bonchev–Trinajstić information content (AvgIpc) is 2.36. The van der Waals surface area contributed by atoms with Gasteiger partial charge in [-0.1, -0.05) is 0 Å². The molecule has 100 valence electrons. The number of anilines is 1. The molecular formula is C11H17BrN4OS. The van der Waals surface area contributed by atoms with Gasteiger partial charge in [0.05, 0.1) is 5.56 Å². The van der Waals surface area contributed by atoms with Gasteiger partial charge in [-0.15, -0.1) is 0 Å². The van der Waals surface area contributed by atoms with E-state index >= 15 is 0 Å². The molecule has 0 aliphatic carbocycles. The van der Waals surface area contributed by atoms with Crippen molar-refractivity contribution in [2.75, 3.05) is 17.4 Å². The molecule has 1 aromatic rings. The summed E-state index contributed by atoms with van der Waals surface area (Å²) in [5.74, 6) is 6.55. The van der Waals surface area contributed by atoms with Crippen LogP contribution in [0.25, 0.3) is 0 Å². The number of carbonyl (C=O) groups excluding carboxylic acids is 1. The SMILES string of the molecule is CSCCC(C)NC(=O)c1cc(Br)cnc1NN. The van der Waals surface area contributed by atoms with Crippen LogP contribution in [0, 0.1) is 0 Å². The summed E-state index contributed by atoms with van der Waals surface area (Å²) in [6, 6.07) is 1.81. The highest BCUT2D eigenvalue weighted by Crippen LogP contribution is 2.17. The predicted octanol–water partition coefficient (Wildman–Crippen LogP) is 2.00. The van der Waals surface area contributed by atoms with Gasteiger partial charge in [0.15, 0.2) is 5.82 Å². The molecule has 1 rings (SSSR count). The maximum Gasteiger partial charge on any atom is 0.255 e. The van der Waals surface area contributed by atoms with Crippen LogP contribution in [0.4, 0.5) is 5.82 Å². The topological polar surface area (TPSA) is 80.0 Å². The summed E-state index contributed by atoms with van der Waals surface area (Å²) in [6.07, 6.45) is 4.56. The quantitative estimate of drug-likeness (QED) is 0.548. The van der Waals surface area contributed by atoms with Crippen molar-refractivity contribution in [1.29, 1.82) is 0 Å². The van der Waals surface area contributed by atoms with Crippen molar-refractivity contribution in [3.05, 3.63) is 22.3 Å². The average molecular weight is 333 g/mol. The van der Waals surface area contributed by atoms with E-state index in [0.29, 0.717) is 11.4 Å². The van der Waals surface area contributed by atoms with Gasteiger partial charge in [-0.05, 0) is 47.3 Å². The number of hydrogen-bond donors (Lipinski definition) is 3. The number of nitrogens with two attached hydrogens (primary N) is 1. The van der Waals surface area contributed by atoms with Crippen LogP contribution in [0.15, 0.2) is 16.7 Å². The summed E-state index contributed by atoms with van der Waals surface area (Å²) in [7, 11) is 0. The van der Waals surface area contributed by atoms with Crippen LogP contribution in [0.5, 0.6) is 0 Å². The summed E-state index contributed by atoms with van der Waals surface area (Å²) in [6.45, 7) is 1.98. The van der Waals surface area contributed by atoms with Crippen molar-refractivity contribution < 1.29 is 4.79 Å². The first kappa shape index (κ1) is 15.3. The molecule has 1 heterocycles. The van der Waals surface area contributed by atoms with E-state index in [1.807, 2.05) is 13.2 Å². The summed E-state index contributed by atoms with van der Waals surface area (Å²) in [4.78, 5) is 16.1. The van der Waals surface area contributed by atoms with Crippen molar-refractivity contribution in [3.8, 4) is 0 Å². The zero-order chi connectivity index (χ0) is 13.5. The number of pyridine rings is 1. The third-order valence-electron chi connectivity index (χ3n) is 2.37. The number of hydrazine groups is 1. The molecule has 1 aromatic heterocycles. The molecule has 4 N–H and O–H groups in total. The number of nitrogens with one attached hydrogen (secondary N) is 2. The van der Waals surface area contributed by atoms with Crippen LogP contribution in [0.2, 0.25) is 0 Å². The molecule has 18 heavy (non-hydrogen) atoms. The lowest BCUT2D eigenvalue weighted by atomic mass is 10.2. The first-order valence-electron chi connectivity index (χ1n) is 5.50. The molecule has 0 spiro atoms. The lowest BCUT2D eigenvalue weighted by Gasteiger charge is -2.14. The smallest absolute Gasteiger partial charge is 0.255 e. The fraction of sp³-hybridized carbons (Fsp3) is 0.455. The number of thioether (sulfide) groups is 1. The zero-order valence-electron chi connectivity index (χ0n) is 10.4. The molecule has 0 radical (unpaired) electrons. The van der Waals surface area contributed by atoms with Gasteiger partial charge in [0.1, 0.15) is 0 Å². The number of hydrogen-bond acceptors (Lipinski definition) is 5. The maximum absolute atomic E-state index is 12.1. The minimum Gasteiger partial charge on any atom is -0.349 e. The summed E-state index contributed by atoms with van der Waals surface area (Å²) < 4.78 is 0.739. The largest absolute Gasteiger partial charge is 0.349 e. The Morgan fingerprint density at radius 2 is 2.39 bits per heavy atom. The van der Waals surface area contributed by atoms with Gasteiger partial charge in [-0.3, -0.25) is 4.79 Å². The van der Waals surface area contributed by atoms with E-state index in [1.54, 1.807) is 24.0 Å². The van der Waals surface area contributed by atoms with Crippen molar-refractivity contribution >= 4 is 39.4 Å². The number of halogens is 1. The standard InChI is InChI=1S/C11H17BrN4OS/c1-7(3-4-18-2)15-11(17)9-5-8(12)6-14-10(9)16-13/h5-7H,3-4,13H2,1-2H3,(H,14,16)(H,15,17). The van der Waals surface area contributed by atoms with E-state index in [9.17, 15) is 4.79 Å². The van der Waals surface area contributed by atoms with E-state index < -0.39 is 0 Å². The maximum atomic E-state index is 12.1. The second kappa shape index (κ2) is 7.60. The monoisotopic (exact) mass is 332 g/mol. The van der Waals surface area contributed by atoms with Gasteiger partial charge < -0.3 is 10.7 Å². The van der Waals surface area contributed by atoms with Crippen LogP contribution in [-0.4, -0.2) is 28.9 Å². The highest BCUT2D eigenvalue weighted by Gasteiger charge is 2.14. The van der Waals surface area contributed by atoms with Crippen molar-refractivity contribution in [1.82, 2.24) is 10.3 Å². The molecule has 7 heteroatoms. The first-order valence-corrected chi connectivity index (χ1v) is 7.69. The molecule has 0 aliphatic rings. The van der Waals surface area contributed by atoms with Crippen LogP contribution in [-0.2, 0) is 0 Å². The molecule has 0 saturated carbocycles. The fourth-order valence-corrected chi connectivity index (χ4v) is 2.32. The van der Waals surface area contributed by atoms with Crippen LogP contribution < -0.4 is 16.6 Å². The lowest BCUT2D eigenvalue weighted by molar-refractivity contribution is 0.0940. The number of carbonyl (C=O) groups is 1. The second-order valence-electron chi connectivity index (χ2n) is 3.85. The third-order valence-corrected chi connectivity index (χ3v) is 3.45. The minimum absolute atomic E-state index is 0.120. The number of rotatable bonds is 6.